The first-order chi connectivity index (χ1) is 8.06. The van der Waals surface area contributed by atoms with Crippen molar-refractivity contribution in [2.45, 2.75) is 6.92 Å². The summed E-state index contributed by atoms with van der Waals surface area (Å²) in [6.45, 7) is 1.67. The van der Waals surface area contributed by atoms with Crippen molar-refractivity contribution in [3.63, 3.8) is 0 Å². The summed E-state index contributed by atoms with van der Waals surface area (Å²) in [6, 6.07) is 8.99. The molecule has 2 aromatic rings. The molecule has 86 valence electrons. The fourth-order valence-electron chi connectivity index (χ4n) is 1.55. The molecule has 0 unspecified atom stereocenters. The van der Waals surface area contributed by atoms with Crippen LogP contribution in [0.2, 0.25) is 0 Å². The Morgan fingerprint density at radius 3 is 2.65 bits per heavy atom. The van der Waals surface area contributed by atoms with Gasteiger partial charge in [-0.05, 0) is 19.1 Å². The van der Waals surface area contributed by atoms with E-state index >= 15 is 0 Å². The van der Waals surface area contributed by atoms with E-state index in [-0.39, 0.29) is 11.0 Å². The number of carbonyl (C=O) groups is 1. The van der Waals surface area contributed by atoms with Crippen LogP contribution in [0.3, 0.4) is 0 Å². The van der Waals surface area contributed by atoms with Crippen LogP contribution in [0.4, 0.5) is 0 Å². The topological polar surface area (TPSA) is 67.5 Å². The molecule has 4 nitrogen and oxygen atoms in total. The van der Waals surface area contributed by atoms with Crippen molar-refractivity contribution in [1.82, 2.24) is 0 Å². The van der Waals surface area contributed by atoms with Crippen molar-refractivity contribution in [2.24, 2.45) is 0 Å². The number of benzene rings is 1. The van der Waals surface area contributed by atoms with Gasteiger partial charge in [0, 0.05) is 17.7 Å². The first-order valence-corrected chi connectivity index (χ1v) is 5.02. The summed E-state index contributed by atoms with van der Waals surface area (Å²) in [4.78, 5) is 22.2. The molecule has 1 heterocycles. The van der Waals surface area contributed by atoms with Crippen LogP contribution in [0.25, 0.3) is 11.3 Å². The van der Waals surface area contributed by atoms with Gasteiger partial charge in [-0.2, -0.15) is 0 Å². The van der Waals surface area contributed by atoms with E-state index in [1.807, 2.05) is 0 Å². The van der Waals surface area contributed by atoms with Gasteiger partial charge >= 0.3 is 5.97 Å². The summed E-state index contributed by atoms with van der Waals surface area (Å²) < 4.78 is 5.39. The number of rotatable bonds is 2. The number of hydrogen-bond donors (Lipinski definition) is 1. The molecule has 0 bridgehead atoms. The van der Waals surface area contributed by atoms with E-state index in [0.717, 1.165) is 0 Å². The zero-order valence-electron chi connectivity index (χ0n) is 9.14. The molecule has 0 atom stereocenters. The second kappa shape index (κ2) is 4.25. The first kappa shape index (κ1) is 11.1. The summed E-state index contributed by atoms with van der Waals surface area (Å²) in [5.41, 5.74) is 0.571. The minimum absolute atomic E-state index is 0.159. The third-order valence-corrected chi connectivity index (χ3v) is 2.28. The molecular weight excluding hydrogens is 220 g/mol. The van der Waals surface area contributed by atoms with Crippen molar-refractivity contribution in [3.8, 4) is 11.3 Å². The molecule has 0 amide bonds. The second-order valence-corrected chi connectivity index (χ2v) is 3.65. The lowest BCUT2D eigenvalue weighted by molar-refractivity contribution is 0.0697. The van der Waals surface area contributed by atoms with E-state index in [9.17, 15) is 9.59 Å². The third kappa shape index (κ3) is 2.42. The number of aryl methyl sites for hydroxylation is 1. The number of aromatic carboxylic acids is 1. The summed E-state index contributed by atoms with van der Waals surface area (Å²) in [7, 11) is 0. The fraction of sp³-hybridized carbons (Fsp3) is 0.0769. The zero-order valence-corrected chi connectivity index (χ0v) is 9.14. The van der Waals surface area contributed by atoms with Gasteiger partial charge in [-0.15, -0.1) is 0 Å². The fourth-order valence-corrected chi connectivity index (χ4v) is 1.55. The Morgan fingerprint density at radius 2 is 2.00 bits per heavy atom. The van der Waals surface area contributed by atoms with Crippen molar-refractivity contribution in [1.29, 1.82) is 0 Å². The highest BCUT2D eigenvalue weighted by molar-refractivity contribution is 5.89. The van der Waals surface area contributed by atoms with E-state index in [4.69, 9.17) is 9.52 Å². The molecule has 4 heteroatoms. The Morgan fingerprint density at radius 1 is 1.24 bits per heavy atom. The van der Waals surface area contributed by atoms with Gasteiger partial charge < -0.3 is 9.52 Å². The molecule has 1 aromatic heterocycles. The standard InChI is InChI=1S/C13H10O4/c1-8-5-11(14)7-12(17-8)9-3-2-4-10(6-9)13(15)16/h2-7H,1H3,(H,15,16). The van der Waals surface area contributed by atoms with Gasteiger partial charge in [0.1, 0.15) is 11.5 Å². The average Bonchev–Trinajstić information content (AvgIpc) is 2.28. The highest BCUT2D eigenvalue weighted by Gasteiger charge is 2.07. The van der Waals surface area contributed by atoms with Crippen LogP contribution in [0.15, 0.2) is 45.6 Å². The zero-order chi connectivity index (χ0) is 12.4. The minimum Gasteiger partial charge on any atom is -0.478 e. The largest absolute Gasteiger partial charge is 0.478 e. The van der Waals surface area contributed by atoms with Gasteiger partial charge in [-0.25, -0.2) is 4.79 Å². The van der Waals surface area contributed by atoms with Crippen molar-refractivity contribution < 1.29 is 14.3 Å². The molecule has 1 aromatic carbocycles. The number of carboxylic acids is 1. The van der Waals surface area contributed by atoms with Gasteiger partial charge in [0.15, 0.2) is 5.43 Å². The molecule has 2 rings (SSSR count). The summed E-state index contributed by atoms with van der Waals surface area (Å²) in [5.74, 6) is -0.145. The maximum Gasteiger partial charge on any atom is 0.335 e. The molecule has 0 aliphatic carbocycles. The molecule has 17 heavy (non-hydrogen) atoms. The van der Waals surface area contributed by atoms with Crippen LogP contribution in [-0.4, -0.2) is 11.1 Å². The van der Waals surface area contributed by atoms with Crippen LogP contribution in [0.1, 0.15) is 16.1 Å². The summed E-state index contributed by atoms with van der Waals surface area (Å²) in [6.07, 6.45) is 0. The molecule has 0 fully saturated rings. The molecule has 0 aliphatic rings. The second-order valence-electron chi connectivity index (χ2n) is 3.65. The third-order valence-electron chi connectivity index (χ3n) is 2.28. The van der Waals surface area contributed by atoms with E-state index in [0.29, 0.717) is 17.1 Å². The molecule has 0 saturated carbocycles. The number of hydrogen-bond acceptors (Lipinski definition) is 3. The lowest BCUT2D eigenvalue weighted by Crippen LogP contribution is -1.99. The smallest absolute Gasteiger partial charge is 0.335 e. The van der Waals surface area contributed by atoms with Crippen molar-refractivity contribution in [3.05, 3.63) is 57.9 Å². The Balaban J connectivity index is 2.56. The Kier molecular flexibility index (Phi) is 2.78. The van der Waals surface area contributed by atoms with E-state index in [1.54, 1.807) is 19.1 Å². The number of carboxylic acid groups (broad SMARTS) is 1. The van der Waals surface area contributed by atoms with E-state index in [2.05, 4.69) is 0 Å². The monoisotopic (exact) mass is 230 g/mol. The Bertz CT molecular complexity index is 625. The first-order valence-electron chi connectivity index (χ1n) is 5.02. The van der Waals surface area contributed by atoms with Crippen LogP contribution in [-0.2, 0) is 0 Å². The molecule has 0 radical (unpaired) electrons. The molecular formula is C13H10O4. The lowest BCUT2D eigenvalue weighted by atomic mass is 10.1. The Labute approximate surface area is 97.1 Å². The van der Waals surface area contributed by atoms with Crippen LogP contribution in [0, 0.1) is 6.92 Å². The van der Waals surface area contributed by atoms with Crippen LogP contribution in [0.5, 0.6) is 0 Å². The van der Waals surface area contributed by atoms with Crippen molar-refractivity contribution in [2.75, 3.05) is 0 Å². The summed E-state index contributed by atoms with van der Waals surface area (Å²) in [5, 5.41) is 8.87. The molecule has 1 N–H and O–H groups in total. The quantitative estimate of drug-likeness (QED) is 0.859. The van der Waals surface area contributed by atoms with E-state index in [1.165, 1.54) is 24.3 Å². The summed E-state index contributed by atoms with van der Waals surface area (Å²) >= 11 is 0. The Hall–Kier alpha value is -2.36. The van der Waals surface area contributed by atoms with E-state index < -0.39 is 5.97 Å². The SMILES string of the molecule is Cc1cc(=O)cc(-c2cccc(C(=O)O)c2)o1. The van der Waals surface area contributed by atoms with Crippen LogP contribution >= 0.6 is 0 Å². The maximum atomic E-state index is 11.3. The normalized spacial score (nSPS) is 10.2. The van der Waals surface area contributed by atoms with Gasteiger partial charge in [0.2, 0.25) is 0 Å². The maximum absolute atomic E-state index is 11.3. The van der Waals surface area contributed by atoms with Crippen molar-refractivity contribution >= 4 is 5.97 Å². The predicted molar refractivity (Wildman–Crippen MR) is 62.1 cm³/mol. The molecule has 0 saturated heterocycles. The lowest BCUT2D eigenvalue weighted by Gasteiger charge is -2.02. The van der Waals surface area contributed by atoms with Gasteiger partial charge in [0.05, 0.1) is 5.56 Å². The highest BCUT2D eigenvalue weighted by Crippen LogP contribution is 2.20. The van der Waals surface area contributed by atoms with Gasteiger partial charge in [0.25, 0.3) is 0 Å². The van der Waals surface area contributed by atoms with Gasteiger partial charge in [-0.3, -0.25) is 4.79 Å². The van der Waals surface area contributed by atoms with Gasteiger partial charge in [-0.1, -0.05) is 12.1 Å². The molecule has 0 spiro atoms. The predicted octanol–water partition coefficient (Wildman–Crippen LogP) is 2.31. The molecule has 0 aliphatic heterocycles. The minimum atomic E-state index is -1.01. The average molecular weight is 230 g/mol. The highest BCUT2D eigenvalue weighted by atomic mass is 16.4. The van der Waals surface area contributed by atoms with Crippen LogP contribution < -0.4 is 5.43 Å².